The predicted molar refractivity (Wildman–Crippen MR) is 109 cm³/mol. The Hall–Kier alpha value is -2.84. The van der Waals surface area contributed by atoms with Gasteiger partial charge in [0.1, 0.15) is 0 Å². The van der Waals surface area contributed by atoms with Crippen LogP contribution in [-0.2, 0) is 0 Å². The standard InChI is InChI=1S/C18H18N4O2S2/c23-15(13-7-3-1-4-8-13)21-17(25)19-11-12-20-18(26)22-16(24)14-9-5-2-6-10-14/h1-10H,11-12H2,(H2,19,21,23,25)(H2,20,22,24,26). The molecule has 0 aromatic heterocycles. The van der Waals surface area contributed by atoms with Crippen molar-refractivity contribution < 1.29 is 9.59 Å². The first-order valence-corrected chi connectivity index (χ1v) is 8.66. The molecule has 8 heteroatoms. The van der Waals surface area contributed by atoms with Crippen molar-refractivity contribution in [1.29, 1.82) is 0 Å². The topological polar surface area (TPSA) is 82.3 Å². The smallest absolute Gasteiger partial charge is 0.257 e. The van der Waals surface area contributed by atoms with Crippen LogP contribution in [0.1, 0.15) is 20.7 Å². The van der Waals surface area contributed by atoms with Gasteiger partial charge in [-0.3, -0.25) is 20.2 Å². The fourth-order valence-electron chi connectivity index (χ4n) is 1.97. The summed E-state index contributed by atoms with van der Waals surface area (Å²) in [6.07, 6.45) is 0. The number of carbonyl (C=O) groups excluding carboxylic acids is 2. The van der Waals surface area contributed by atoms with E-state index in [-0.39, 0.29) is 22.0 Å². The van der Waals surface area contributed by atoms with Crippen molar-refractivity contribution in [3.8, 4) is 0 Å². The summed E-state index contributed by atoms with van der Waals surface area (Å²) in [6, 6.07) is 17.6. The number of rotatable bonds is 5. The molecule has 2 aromatic rings. The number of amides is 2. The predicted octanol–water partition coefficient (Wildman–Crippen LogP) is 1.60. The average molecular weight is 387 g/mol. The van der Waals surface area contributed by atoms with Crippen LogP contribution in [-0.4, -0.2) is 35.1 Å². The van der Waals surface area contributed by atoms with E-state index in [4.69, 9.17) is 24.4 Å². The third-order valence-corrected chi connectivity index (χ3v) is 3.71. The van der Waals surface area contributed by atoms with Crippen LogP contribution in [0, 0.1) is 0 Å². The first kappa shape index (κ1) is 19.5. The zero-order chi connectivity index (χ0) is 18.8. The summed E-state index contributed by atoms with van der Waals surface area (Å²) in [5, 5.41) is 11.4. The van der Waals surface area contributed by atoms with E-state index >= 15 is 0 Å². The molecule has 0 atom stereocenters. The van der Waals surface area contributed by atoms with Gasteiger partial charge in [0.25, 0.3) is 11.8 Å². The number of benzene rings is 2. The molecule has 0 aliphatic rings. The molecule has 2 rings (SSSR count). The summed E-state index contributed by atoms with van der Waals surface area (Å²) in [5.41, 5.74) is 1.05. The Balaban J connectivity index is 1.63. The molecule has 2 amide bonds. The Kier molecular flexibility index (Phi) is 7.66. The Morgan fingerprint density at radius 3 is 1.35 bits per heavy atom. The lowest BCUT2D eigenvalue weighted by Crippen LogP contribution is -2.45. The first-order chi connectivity index (χ1) is 12.6. The van der Waals surface area contributed by atoms with Crippen molar-refractivity contribution in [1.82, 2.24) is 21.3 Å². The van der Waals surface area contributed by atoms with Crippen LogP contribution in [0.25, 0.3) is 0 Å². The van der Waals surface area contributed by atoms with E-state index in [0.717, 1.165) is 0 Å². The summed E-state index contributed by atoms with van der Waals surface area (Å²) in [7, 11) is 0. The maximum atomic E-state index is 11.9. The zero-order valence-corrected chi connectivity index (χ0v) is 15.5. The molecule has 4 N–H and O–H groups in total. The van der Waals surface area contributed by atoms with Gasteiger partial charge < -0.3 is 10.6 Å². The monoisotopic (exact) mass is 386 g/mol. The van der Waals surface area contributed by atoms with Gasteiger partial charge in [0, 0.05) is 24.2 Å². The molecule has 26 heavy (non-hydrogen) atoms. The average Bonchev–Trinajstić information content (AvgIpc) is 2.66. The molecule has 0 fully saturated rings. The molecule has 2 aromatic carbocycles. The molecule has 0 heterocycles. The molecule has 0 unspecified atom stereocenters. The third kappa shape index (κ3) is 6.58. The van der Waals surface area contributed by atoms with Crippen LogP contribution in [0.3, 0.4) is 0 Å². The quantitative estimate of drug-likeness (QED) is 0.462. The van der Waals surface area contributed by atoms with Gasteiger partial charge in [0.2, 0.25) is 0 Å². The second-order valence-electron chi connectivity index (χ2n) is 5.15. The number of hydrogen-bond acceptors (Lipinski definition) is 4. The van der Waals surface area contributed by atoms with Crippen molar-refractivity contribution >= 4 is 46.5 Å². The van der Waals surface area contributed by atoms with E-state index in [1.807, 2.05) is 12.1 Å². The van der Waals surface area contributed by atoms with Gasteiger partial charge in [-0.05, 0) is 48.7 Å². The van der Waals surface area contributed by atoms with Gasteiger partial charge in [0.15, 0.2) is 10.2 Å². The maximum Gasteiger partial charge on any atom is 0.257 e. The van der Waals surface area contributed by atoms with Gasteiger partial charge in [0.05, 0.1) is 0 Å². The molecule has 6 nitrogen and oxygen atoms in total. The summed E-state index contributed by atoms with van der Waals surface area (Å²) >= 11 is 10.1. The van der Waals surface area contributed by atoms with Crippen molar-refractivity contribution in [3.63, 3.8) is 0 Å². The highest BCUT2D eigenvalue weighted by atomic mass is 32.1. The van der Waals surface area contributed by atoms with Crippen molar-refractivity contribution in [2.24, 2.45) is 0 Å². The molecule has 0 radical (unpaired) electrons. The van der Waals surface area contributed by atoms with Gasteiger partial charge >= 0.3 is 0 Å². The Bertz CT molecular complexity index is 715. The molecule has 0 aliphatic carbocycles. The minimum Gasteiger partial charge on any atom is -0.361 e. The second kappa shape index (κ2) is 10.2. The molecule has 0 aliphatic heterocycles. The highest BCUT2D eigenvalue weighted by Gasteiger charge is 2.08. The molecule has 0 spiro atoms. The Morgan fingerprint density at radius 1 is 0.654 bits per heavy atom. The highest BCUT2D eigenvalue weighted by molar-refractivity contribution is 7.80. The van der Waals surface area contributed by atoms with Crippen LogP contribution in [0.5, 0.6) is 0 Å². The largest absolute Gasteiger partial charge is 0.361 e. The number of thiocarbonyl (C=S) groups is 2. The van der Waals surface area contributed by atoms with E-state index < -0.39 is 0 Å². The summed E-state index contributed by atoms with van der Waals surface area (Å²) in [6.45, 7) is 0.852. The maximum absolute atomic E-state index is 11.9. The number of nitrogens with one attached hydrogen (secondary N) is 4. The highest BCUT2D eigenvalue weighted by Crippen LogP contribution is 1.98. The van der Waals surface area contributed by atoms with E-state index in [2.05, 4.69) is 21.3 Å². The van der Waals surface area contributed by atoms with Crippen LogP contribution in [0.2, 0.25) is 0 Å². The van der Waals surface area contributed by atoms with Crippen molar-refractivity contribution in [3.05, 3.63) is 71.8 Å². The summed E-state index contributed by atoms with van der Waals surface area (Å²) in [4.78, 5) is 23.9. The molecule has 0 saturated carbocycles. The molecule has 0 bridgehead atoms. The number of carbonyl (C=O) groups is 2. The fraction of sp³-hybridized carbons (Fsp3) is 0.111. The first-order valence-electron chi connectivity index (χ1n) is 7.84. The normalized spacial score (nSPS) is 9.69. The number of hydrogen-bond donors (Lipinski definition) is 4. The van der Waals surface area contributed by atoms with Crippen LogP contribution >= 0.6 is 24.4 Å². The van der Waals surface area contributed by atoms with Gasteiger partial charge in [-0.15, -0.1) is 0 Å². The third-order valence-electron chi connectivity index (χ3n) is 3.22. The Labute approximate surface area is 162 Å². The van der Waals surface area contributed by atoms with E-state index in [1.54, 1.807) is 48.5 Å². The molecule has 134 valence electrons. The fourth-order valence-corrected chi connectivity index (χ4v) is 2.36. The zero-order valence-electron chi connectivity index (χ0n) is 13.8. The van der Waals surface area contributed by atoms with E-state index in [9.17, 15) is 9.59 Å². The van der Waals surface area contributed by atoms with Crippen LogP contribution in [0.4, 0.5) is 0 Å². The van der Waals surface area contributed by atoms with E-state index in [1.165, 1.54) is 0 Å². The minimum absolute atomic E-state index is 0.222. The van der Waals surface area contributed by atoms with Crippen LogP contribution in [0.15, 0.2) is 60.7 Å². The summed E-state index contributed by atoms with van der Waals surface area (Å²) < 4.78 is 0. The van der Waals surface area contributed by atoms with Crippen LogP contribution < -0.4 is 21.3 Å². The Morgan fingerprint density at radius 2 is 1.00 bits per heavy atom. The van der Waals surface area contributed by atoms with Gasteiger partial charge in [-0.1, -0.05) is 36.4 Å². The molecule has 0 saturated heterocycles. The van der Waals surface area contributed by atoms with Gasteiger partial charge in [-0.25, -0.2) is 0 Å². The van der Waals surface area contributed by atoms with E-state index in [0.29, 0.717) is 24.2 Å². The van der Waals surface area contributed by atoms with Crippen molar-refractivity contribution in [2.45, 2.75) is 0 Å². The molecular formula is C18H18N4O2S2. The minimum atomic E-state index is -0.276. The lowest BCUT2D eigenvalue weighted by molar-refractivity contribution is 0.0968. The van der Waals surface area contributed by atoms with Gasteiger partial charge in [-0.2, -0.15) is 0 Å². The van der Waals surface area contributed by atoms with Crippen molar-refractivity contribution in [2.75, 3.05) is 13.1 Å². The molecular weight excluding hydrogens is 368 g/mol. The second-order valence-corrected chi connectivity index (χ2v) is 5.97. The lowest BCUT2D eigenvalue weighted by Gasteiger charge is -2.12. The lowest BCUT2D eigenvalue weighted by atomic mass is 10.2. The summed E-state index contributed by atoms with van der Waals surface area (Å²) in [5.74, 6) is -0.552. The SMILES string of the molecule is O=C(NC(=S)NCCNC(=S)NC(=O)c1ccccc1)c1ccccc1.